The Hall–Kier alpha value is -0.810. The van der Waals surface area contributed by atoms with Gasteiger partial charge in [-0.05, 0) is 45.3 Å². The van der Waals surface area contributed by atoms with Gasteiger partial charge in [-0.1, -0.05) is 33.6 Å². The van der Waals surface area contributed by atoms with E-state index < -0.39 is 0 Å². The Kier molecular flexibility index (Phi) is 7.81. The molecule has 5 heteroatoms. The zero-order chi connectivity index (χ0) is 17.6. The van der Waals surface area contributed by atoms with Crippen molar-refractivity contribution in [3.63, 3.8) is 0 Å². The highest BCUT2D eigenvalue weighted by atomic mass is 16.3. The number of amides is 2. The number of urea groups is 1. The van der Waals surface area contributed by atoms with Crippen LogP contribution < -0.4 is 5.32 Å². The summed E-state index contributed by atoms with van der Waals surface area (Å²) in [5.41, 5.74) is 0.0247. The van der Waals surface area contributed by atoms with Crippen LogP contribution in [-0.4, -0.2) is 67.3 Å². The fraction of sp³-hybridized carbons (Fsp3) is 0.944. The molecule has 0 bridgehead atoms. The molecule has 0 radical (unpaired) electrons. The summed E-state index contributed by atoms with van der Waals surface area (Å²) in [5, 5.41) is 13.3. The van der Waals surface area contributed by atoms with Crippen LogP contribution in [0.3, 0.4) is 0 Å². The first-order valence-corrected chi connectivity index (χ1v) is 8.95. The maximum atomic E-state index is 12.5. The Labute approximate surface area is 142 Å². The van der Waals surface area contributed by atoms with Crippen molar-refractivity contribution in [1.82, 2.24) is 15.1 Å². The summed E-state index contributed by atoms with van der Waals surface area (Å²) < 4.78 is 0. The standard InChI is InChI=1S/C18H37N3O2/c1-18(2,3)16(11-12-20(4)5)19-17(23)21(6)13-14-9-7-8-10-15(14)22/h14-16,22H,7-13H2,1-6H3,(H,19,23). The molecule has 23 heavy (non-hydrogen) atoms. The molecule has 2 N–H and O–H groups in total. The lowest BCUT2D eigenvalue weighted by atomic mass is 9.84. The van der Waals surface area contributed by atoms with Gasteiger partial charge in [-0.2, -0.15) is 0 Å². The second kappa shape index (κ2) is 8.88. The van der Waals surface area contributed by atoms with Gasteiger partial charge >= 0.3 is 6.03 Å². The van der Waals surface area contributed by atoms with Crippen molar-refractivity contribution in [3.05, 3.63) is 0 Å². The summed E-state index contributed by atoms with van der Waals surface area (Å²) in [6, 6.07) is 0.109. The van der Waals surface area contributed by atoms with E-state index in [0.29, 0.717) is 6.54 Å². The van der Waals surface area contributed by atoms with E-state index in [1.54, 1.807) is 4.90 Å². The van der Waals surface area contributed by atoms with Crippen molar-refractivity contribution >= 4 is 6.03 Å². The Morgan fingerprint density at radius 3 is 2.35 bits per heavy atom. The monoisotopic (exact) mass is 327 g/mol. The molecule has 0 aromatic heterocycles. The summed E-state index contributed by atoms with van der Waals surface area (Å²) in [7, 11) is 5.94. The lowest BCUT2D eigenvalue weighted by molar-refractivity contribution is 0.0557. The van der Waals surface area contributed by atoms with Crippen molar-refractivity contribution in [1.29, 1.82) is 0 Å². The maximum absolute atomic E-state index is 12.5. The second-order valence-corrected chi connectivity index (χ2v) is 8.45. The second-order valence-electron chi connectivity index (χ2n) is 8.45. The lowest BCUT2D eigenvalue weighted by Crippen LogP contribution is -2.51. The Balaban J connectivity index is 2.55. The largest absolute Gasteiger partial charge is 0.393 e. The Morgan fingerprint density at radius 2 is 1.83 bits per heavy atom. The SMILES string of the molecule is CN(C)CCC(NC(=O)N(C)CC1CCCCC1O)C(C)(C)C. The molecule has 136 valence electrons. The summed E-state index contributed by atoms with van der Waals surface area (Å²) >= 11 is 0. The molecule has 0 aromatic carbocycles. The van der Waals surface area contributed by atoms with Gasteiger partial charge in [0.25, 0.3) is 0 Å². The molecule has 2 amide bonds. The molecule has 1 aliphatic rings. The van der Waals surface area contributed by atoms with Crippen molar-refractivity contribution in [3.8, 4) is 0 Å². The van der Waals surface area contributed by atoms with Gasteiger partial charge in [-0.25, -0.2) is 4.79 Å². The van der Waals surface area contributed by atoms with E-state index in [0.717, 1.165) is 38.6 Å². The molecule has 5 nitrogen and oxygen atoms in total. The first kappa shape index (κ1) is 20.2. The van der Waals surface area contributed by atoms with Crippen LogP contribution in [0.5, 0.6) is 0 Å². The number of hydrogen-bond donors (Lipinski definition) is 2. The number of nitrogens with one attached hydrogen (secondary N) is 1. The molecule has 1 fully saturated rings. The Bertz CT molecular complexity index is 366. The van der Waals surface area contributed by atoms with Crippen molar-refractivity contribution in [2.24, 2.45) is 11.3 Å². The number of hydrogen-bond acceptors (Lipinski definition) is 3. The Morgan fingerprint density at radius 1 is 1.22 bits per heavy atom. The van der Waals surface area contributed by atoms with Crippen LogP contribution in [0, 0.1) is 11.3 Å². The van der Waals surface area contributed by atoms with Crippen molar-refractivity contribution in [2.45, 2.75) is 65.0 Å². The number of aliphatic hydroxyl groups is 1. The summed E-state index contributed by atoms with van der Waals surface area (Å²) in [5.74, 6) is 0.217. The van der Waals surface area contributed by atoms with Gasteiger partial charge in [0.15, 0.2) is 0 Å². The van der Waals surface area contributed by atoms with Crippen LogP contribution in [0.25, 0.3) is 0 Å². The van der Waals surface area contributed by atoms with Crippen molar-refractivity contribution < 1.29 is 9.90 Å². The number of aliphatic hydroxyl groups excluding tert-OH is 1. The molecule has 1 saturated carbocycles. The summed E-state index contributed by atoms with van der Waals surface area (Å²) in [4.78, 5) is 16.4. The third-order valence-corrected chi connectivity index (χ3v) is 4.93. The molecule has 3 unspecified atom stereocenters. The minimum Gasteiger partial charge on any atom is -0.393 e. The normalized spacial score (nSPS) is 23.7. The average molecular weight is 328 g/mol. The summed E-state index contributed by atoms with van der Waals surface area (Å²) in [6.45, 7) is 8.08. The van der Waals surface area contributed by atoms with Gasteiger partial charge in [0, 0.05) is 25.6 Å². The van der Waals surface area contributed by atoms with E-state index in [2.05, 4.69) is 45.1 Å². The van der Waals surface area contributed by atoms with Gasteiger partial charge in [-0.15, -0.1) is 0 Å². The highest BCUT2D eigenvalue weighted by Crippen LogP contribution is 2.25. The zero-order valence-electron chi connectivity index (χ0n) is 15.9. The number of carbonyl (C=O) groups excluding carboxylic acids is 1. The molecule has 0 aliphatic heterocycles. The van der Waals surface area contributed by atoms with Crippen LogP contribution >= 0.6 is 0 Å². The third kappa shape index (κ3) is 7.08. The number of nitrogens with zero attached hydrogens (tertiary/aromatic N) is 2. The van der Waals surface area contributed by atoms with E-state index in [9.17, 15) is 9.90 Å². The van der Waals surface area contributed by atoms with Crippen LogP contribution in [0.2, 0.25) is 0 Å². The minimum atomic E-state index is -0.258. The van der Waals surface area contributed by atoms with Gasteiger partial charge in [-0.3, -0.25) is 0 Å². The molecular weight excluding hydrogens is 290 g/mol. The fourth-order valence-electron chi connectivity index (χ4n) is 3.20. The smallest absolute Gasteiger partial charge is 0.317 e. The molecule has 0 saturated heterocycles. The summed E-state index contributed by atoms with van der Waals surface area (Å²) in [6.07, 6.45) is 4.82. The first-order valence-electron chi connectivity index (χ1n) is 8.95. The van der Waals surface area contributed by atoms with Crippen LogP contribution in [0.1, 0.15) is 52.9 Å². The topological polar surface area (TPSA) is 55.8 Å². The van der Waals surface area contributed by atoms with Crippen molar-refractivity contribution in [2.75, 3.05) is 34.2 Å². The molecule has 0 aromatic rings. The molecule has 0 heterocycles. The average Bonchev–Trinajstić information content (AvgIpc) is 2.44. The van der Waals surface area contributed by atoms with Gasteiger partial charge in [0.2, 0.25) is 0 Å². The highest BCUT2D eigenvalue weighted by Gasteiger charge is 2.29. The van der Waals surface area contributed by atoms with E-state index in [1.807, 2.05) is 7.05 Å². The molecule has 1 rings (SSSR count). The van der Waals surface area contributed by atoms with E-state index in [4.69, 9.17) is 0 Å². The van der Waals surface area contributed by atoms with E-state index >= 15 is 0 Å². The third-order valence-electron chi connectivity index (χ3n) is 4.93. The quantitative estimate of drug-likeness (QED) is 0.788. The van der Waals surface area contributed by atoms with Crippen LogP contribution in [0.4, 0.5) is 4.79 Å². The zero-order valence-corrected chi connectivity index (χ0v) is 15.9. The van der Waals surface area contributed by atoms with Crippen LogP contribution in [0.15, 0.2) is 0 Å². The van der Waals surface area contributed by atoms with Crippen LogP contribution in [-0.2, 0) is 0 Å². The fourth-order valence-corrected chi connectivity index (χ4v) is 3.20. The predicted octanol–water partition coefficient (Wildman–Crippen LogP) is 2.55. The molecule has 3 atom stereocenters. The van der Waals surface area contributed by atoms with Gasteiger partial charge in [0.1, 0.15) is 0 Å². The number of rotatable bonds is 6. The lowest BCUT2D eigenvalue weighted by Gasteiger charge is -2.35. The minimum absolute atomic E-state index is 0.0247. The first-order chi connectivity index (χ1) is 10.6. The number of carbonyl (C=O) groups is 1. The van der Waals surface area contributed by atoms with E-state index in [1.165, 1.54) is 0 Å². The molecule has 1 aliphatic carbocycles. The van der Waals surface area contributed by atoms with E-state index in [-0.39, 0.29) is 29.5 Å². The highest BCUT2D eigenvalue weighted by molar-refractivity contribution is 5.74. The maximum Gasteiger partial charge on any atom is 0.317 e. The van der Waals surface area contributed by atoms with Gasteiger partial charge < -0.3 is 20.2 Å². The molecule has 0 spiro atoms. The molecular formula is C18H37N3O2. The van der Waals surface area contributed by atoms with Gasteiger partial charge in [0.05, 0.1) is 6.10 Å². The predicted molar refractivity (Wildman–Crippen MR) is 95.5 cm³/mol.